The molecular weight excluding hydrogens is 376 g/mol. The molecule has 4 rings (SSSR count). The van der Waals surface area contributed by atoms with Crippen LogP contribution in [0.15, 0.2) is 53.1 Å². The zero-order valence-electron chi connectivity index (χ0n) is 15.7. The highest BCUT2D eigenvalue weighted by molar-refractivity contribution is 6.30. The minimum atomic E-state index is 0.0704. The topological polar surface area (TPSA) is 55.6 Å². The quantitative estimate of drug-likeness (QED) is 0.629. The summed E-state index contributed by atoms with van der Waals surface area (Å²) in [7, 11) is 0. The maximum Gasteiger partial charge on any atom is 0.226 e. The second-order valence-corrected chi connectivity index (χ2v) is 7.36. The number of carbonyl (C=O) groups excluding carboxylic acids is 1. The Morgan fingerprint density at radius 1 is 1.18 bits per heavy atom. The van der Waals surface area contributed by atoms with Crippen LogP contribution in [0.2, 0.25) is 5.02 Å². The van der Waals surface area contributed by atoms with Crippen LogP contribution in [0.4, 0.5) is 0 Å². The van der Waals surface area contributed by atoms with Gasteiger partial charge in [-0.2, -0.15) is 0 Å². The van der Waals surface area contributed by atoms with Crippen LogP contribution in [0.5, 0.6) is 5.75 Å². The van der Waals surface area contributed by atoms with Crippen molar-refractivity contribution in [2.75, 3.05) is 13.2 Å². The molecule has 0 N–H and O–H groups in total. The molecule has 3 aromatic rings. The van der Waals surface area contributed by atoms with E-state index in [1.807, 2.05) is 60.4 Å². The van der Waals surface area contributed by atoms with Crippen LogP contribution in [-0.2, 0) is 17.8 Å². The van der Waals surface area contributed by atoms with E-state index in [0.29, 0.717) is 43.3 Å². The number of halogens is 1. The third-order valence-electron chi connectivity index (χ3n) is 4.90. The third-order valence-corrected chi connectivity index (χ3v) is 5.15. The van der Waals surface area contributed by atoms with Crippen LogP contribution >= 0.6 is 11.6 Å². The van der Waals surface area contributed by atoms with Crippen molar-refractivity contribution >= 4 is 17.5 Å². The number of nitrogens with zero attached hydrogens (tertiary/aromatic N) is 2. The summed E-state index contributed by atoms with van der Waals surface area (Å²) in [5.41, 5.74) is 3.99. The number of rotatable bonds is 5. The van der Waals surface area contributed by atoms with Gasteiger partial charge in [0, 0.05) is 29.1 Å². The molecule has 2 aromatic carbocycles. The number of fused-ring (bicyclic) bond motifs is 1. The Bertz CT molecular complexity index is 964. The first-order chi connectivity index (χ1) is 13.6. The highest BCUT2D eigenvalue weighted by atomic mass is 35.5. The van der Waals surface area contributed by atoms with Crippen LogP contribution in [0.1, 0.15) is 23.2 Å². The van der Waals surface area contributed by atoms with Gasteiger partial charge in [-0.05, 0) is 43.3 Å². The van der Waals surface area contributed by atoms with Gasteiger partial charge in [-0.25, -0.2) is 0 Å². The van der Waals surface area contributed by atoms with E-state index in [-0.39, 0.29) is 5.91 Å². The maximum absolute atomic E-state index is 12.6. The molecule has 0 bridgehead atoms. The van der Waals surface area contributed by atoms with Gasteiger partial charge in [-0.1, -0.05) is 34.5 Å². The lowest BCUT2D eigenvalue weighted by molar-refractivity contribution is -0.132. The van der Waals surface area contributed by atoms with Crippen molar-refractivity contribution < 1.29 is 14.1 Å². The molecule has 0 saturated carbocycles. The molecule has 1 aliphatic heterocycles. The van der Waals surface area contributed by atoms with E-state index in [0.717, 1.165) is 22.6 Å². The Kier molecular flexibility index (Phi) is 5.35. The number of hydrogen-bond donors (Lipinski definition) is 0. The fourth-order valence-electron chi connectivity index (χ4n) is 3.30. The predicted octanol–water partition coefficient (Wildman–Crippen LogP) is 4.66. The SMILES string of the molecule is Cc1ccc(OCCC(=O)N2CCc3noc(-c4ccc(Cl)cc4)c3C2)cc1. The first-order valence-electron chi connectivity index (χ1n) is 9.31. The van der Waals surface area contributed by atoms with Crippen LogP contribution in [-0.4, -0.2) is 29.1 Å². The molecule has 6 heteroatoms. The van der Waals surface area contributed by atoms with E-state index >= 15 is 0 Å². The molecule has 0 radical (unpaired) electrons. The molecule has 0 unspecified atom stereocenters. The number of carbonyl (C=O) groups is 1. The summed E-state index contributed by atoms with van der Waals surface area (Å²) < 4.78 is 11.3. The third kappa shape index (κ3) is 4.04. The van der Waals surface area contributed by atoms with Gasteiger partial charge < -0.3 is 14.2 Å². The van der Waals surface area contributed by atoms with Crippen LogP contribution < -0.4 is 4.74 Å². The Balaban J connectivity index is 1.39. The van der Waals surface area contributed by atoms with Gasteiger partial charge in [0.05, 0.1) is 25.3 Å². The lowest BCUT2D eigenvalue weighted by Gasteiger charge is -2.26. The first kappa shape index (κ1) is 18.6. The second-order valence-electron chi connectivity index (χ2n) is 6.92. The molecule has 0 fully saturated rings. The first-order valence-corrected chi connectivity index (χ1v) is 9.68. The summed E-state index contributed by atoms with van der Waals surface area (Å²) in [6, 6.07) is 15.3. The minimum Gasteiger partial charge on any atom is -0.493 e. The number of amides is 1. The van der Waals surface area contributed by atoms with Crippen molar-refractivity contribution in [3.63, 3.8) is 0 Å². The van der Waals surface area contributed by atoms with Gasteiger partial charge in [0.2, 0.25) is 5.91 Å². The maximum atomic E-state index is 12.6. The smallest absolute Gasteiger partial charge is 0.226 e. The van der Waals surface area contributed by atoms with E-state index in [1.54, 1.807) is 0 Å². The standard InChI is InChI=1S/C22H21ClN2O3/c1-15-2-8-18(9-3-15)27-13-11-21(26)25-12-10-20-19(14-25)22(28-24-20)16-4-6-17(23)7-5-16/h2-9H,10-14H2,1H3. The monoisotopic (exact) mass is 396 g/mol. The lowest BCUT2D eigenvalue weighted by atomic mass is 10.0. The van der Waals surface area contributed by atoms with Crippen LogP contribution in [0.3, 0.4) is 0 Å². The Hall–Kier alpha value is -2.79. The summed E-state index contributed by atoms with van der Waals surface area (Å²) in [5, 5.41) is 4.86. The molecule has 2 heterocycles. The van der Waals surface area contributed by atoms with Gasteiger partial charge in [0.15, 0.2) is 5.76 Å². The van der Waals surface area contributed by atoms with Crippen molar-refractivity contribution in [3.8, 4) is 17.1 Å². The van der Waals surface area contributed by atoms with Crippen molar-refractivity contribution in [3.05, 3.63) is 70.4 Å². The van der Waals surface area contributed by atoms with Gasteiger partial charge >= 0.3 is 0 Å². The van der Waals surface area contributed by atoms with Gasteiger partial charge in [0.1, 0.15) is 5.75 Å². The van der Waals surface area contributed by atoms with Crippen molar-refractivity contribution in [2.24, 2.45) is 0 Å². The molecule has 144 valence electrons. The summed E-state index contributed by atoms with van der Waals surface area (Å²) in [6.07, 6.45) is 1.03. The summed E-state index contributed by atoms with van der Waals surface area (Å²) in [5.74, 6) is 1.56. The highest BCUT2D eigenvalue weighted by Gasteiger charge is 2.27. The Morgan fingerprint density at radius 3 is 2.68 bits per heavy atom. The van der Waals surface area contributed by atoms with Gasteiger partial charge in [-0.15, -0.1) is 0 Å². The highest BCUT2D eigenvalue weighted by Crippen LogP contribution is 2.31. The van der Waals surface area contributed by atoms with E-state index in [1.165, 1.54) is 5.56 Å². The molecule has 1 aliphatic rings. The number of aromatic nitrogens is 1. The second kappa shape index (κ2) is 8.07. The Labute approximate surface area is 168 Å². The summed E-state index contributed by atoms with van der Waals surface area (Å²) in [6.45, 7) is 3.53. The average molecular weight is 397 g/mol. The Morgan fingerprint density at radius 2 is 1.93 bits per heavy atom. The molecule has 0 atom stereocenters. The van der Waals surface area contributed by atoms with Crippen molar-refractivity contribution in [1.82, 2.24) is 10.1 Å². The van der Waals surface area contributed by atoms with Crippen molar-refractivity contribution in [2.45, 2.75) is 26.3 Å². The van der Waals surface area contributed by atoms with E-state index in [2.05, 4.69) is 5.16 Å². The fourth-order valence-corrected chi connectivity index (χ4v) is 3.43. The molecule has 28 heavy (non-hydrogen) atoms. The van der Waals surface area contributed by atoms with Crippen LogP contribution in [0.25, 0.3) is 11.3 Å². The van der Waals surface area contributed by atoms with E-state index < -0.39 is 0 Å². The zero-order chi connectivity index (χ0) is 19.5. The van der Waals surface area contributed by atoms with Gasteiger partial charge in [-0.3, -0.25) is 4.79 Å². The molecule has 1 aromatic heterocycles. The lowest BCUT2D eigenvalue weighted by Crippen LogP contribution is -2.36. The molecule has 5 nitrogen and oxygen atoms in total. The number of hydrogen-bond acceptors (Lipinski definition) is 4. The zero-order valence-corrected chi connectivity index (χ0v) is 16.4. The normalized spacial score (nSPS) is 13.3. The van der Waals surface area contributed by atoms with Gasteiger partial charge in [0.25, 0.3) is 0 Å². The summed E-state index contributed by atoms with van der Waals surface area (Å²) in [4.78, 5) is 14.5. The minimum absolute atomic E-state index is 0.0704. The molecule has 1 amide bonds. The van der Waals surface area contributed by atoms with Crippen molar-refractivity contribution in [1.29, 1.82) is 0 Å². The summed E-state index contributed by atoms with van der Waals surface area (Å²) >= 11 is 5.97. The number of benzene rings is 2. The van der Waals surface area contributed by atoms with Crippen LogP contribution in [0, 0.1) is 6.92 Å². The van der Waals surface area contributed by atoms with E-state index in [4.69, 9.17) is 20.9 Å². The molecule has 0 saturated heterocycles. The number of ether oxygens (including phenoxy) is 1. The number of aryl methyl sites for hydroxylation is 1. The average Bonchev–Trinajstić information content (AvgIpc) is 3.13. The molecule has 0 aliphatic carbocycles. The fraction of sp³-hybridized carbons (Fsp3) is 0.273. The molecular formula is C22H21ClN2O3. The molecule has 0 spiro atoms. The van der Waals surface area contributed by atoms with E-state index in [9.17, 15) is 4.79 Å². The predicted molar refractivity (Wildman–Crippen MR) is 107 cm³/mol. The largest absolute Gasteiger partial charge is 0.493 e.